The predicted octanol–water partition coefficient (Wildman–Crippen LogP) is 1.12. The van der Waals surface area contributed by atoms with Crippen molar-refractivity contribution in [1.82, 2.24) is 26.6 Å². The zero-order chi connectivity index (χ0) is 16.9. The van der Waals surface area contributed by atoms with E-state index in [1.54, 1.807) is 12.1 Å². The van der Waals surface area contributed by atoms with E-state index in [1.165, 1.54) is 12.4 Å². The van der Waals surface area contributed by atoms with Crippen LogP contribution >= 0.6 is 15.9 Å². The molecule has 0 aliphatic carbocycles. The molecule has 9 heteroatoms. The van der Waals surface area contributed by atoms with Crippen LogP contribution in [0, 0.1) is 0 Å². The second kappa shape index (κ2) is 7.20. The van der Waals surface area contributed by atoms with Gasteiger partial charge in [-0.15, -0.1) is 0 Å². The van der Waals surface area contributed by atoms with E-state index in [1.807, 2.05) is 24.3 Å². The Hall–Kier alpha value is -2.78. The zero-order valence-corrected chi connectivity index (χ0v) is 13.9. The summed E-state index contributed by atoms with van der Waals surface area (Å²) in [5.74, 6) is -0.347. The van der Waals surface area contributed by atoms with Gasteiger partial charge in [0.1, 0.15) is 11.9 Å². The van der Waals surface area contributed by atoms with Crippen molar-refractivity contribution in [2.24, 2.45) is 5.10 Å². The van der Waals surface area contributed by atoms with E-state index in [-0.39, 0.29) is 5.91 Å². The number of pyridine rings is 1. The average Bonchev–Trinajstić information content (AvgIpc) is 2.61. The highest BCUT2D eigenvalue weighted by Crippen LogP contribution is 2.13. The van der Waals surface area contributed by atoms with E-state index in [0.29, 0.717) is 11.3 Å². The third-order valence-corrected chi connectivity index (χ3v) is 3.77. The number of hydrazine groups is 1. The van der Waals surface area contributed by atoms with Crippen LogP contribution in [0.5, 0.6) is 0 Å². The summed E-state index contributed by atoms with van der Waals surface area (Å²) in [4.78, 5) is 27.5. The standard InChI is InChI=1S/C15H13BrN6O2/c16-11-3-1-9(2-4-11)12-13(18-15(24)22-19-12)20-21-14(23)10-5-7-17-8-6-10/h1-8,13,20H,(H,21,23)(H2,18,22,24). The maximum Gasteiger partial charge on any atom is 0.336 e. The van der Waals surface area contributed by atoms with E-state index in [9.17, 15) is 9.59 Å². The first-order valence-corrected chi connectivity index (χ1v) is 7.79. The highest BCUT2D eigenvalue weighted by atomic mass is 79.9. The van der Waals surface area contributed by atoms with Crippen molar-refractivity contribution < 1.29 is 9.59 Å². The Bertz CT molecular complexity index is 778. The normalized spacial score (nSPS) is 16.6. The third kappa shape index (κ3) is 3.76. The summed E-state index contributed by atoms with van der Waals surface area (Å²) in [5.41, 5.74) is 9.47. The Labute approximate surface area is 145 Å². The number of carbonyl (C=O) groups is 2. The summed E-state index contributed by atoms with van der Waals surface area (Å²) < 4.78 is 0.926. The van der Waals surface area contributed by atoms with Crippen molar-refractivity contribution in [3.63, 3.8) is 0 Å². The van der Waals surface area contributed by atoms with Gasteiger partial charge in [0.05, 0.1) is 0 Å². The maximum absolute atomic E-state index is 12.1. The van der Waals surface area contributed by atoms with E-state index >= 15 is 0 Å². The molecule has 2 heterocycles. The number of carbonyl (C=O) groups excluding carboxylic acids is 2. The second-order valence-electron chi connectivity index (χ2n) is 4.86. The number of aromatic nitrogens is 1. The van der Waals surface area contributed by atoms with Crippen LogP contribution in [0.1, 0.15) is 15.9 Å². The minimum absolute atomic E-state index is 0.347. The van der Waals surface area contributed by atoms with Gasteiger partial charge in [0.2, 0.25) is 0 Å². The van der Waals surface area contributed by atoms with Crippen LogP contribution < -0.4 is 21.6 Å². The van der Waals surface area contributed by atoms with Crippen LogP contribution in [0.2, 0.25) is 0 Å². The Kier molecular flexibility index (Phi) is 4.82. The fraction of sp³-hybridized carbons (Fsp3) is 0.0667. The van der Waals surface area contributed by atoms with Gasteiger partial charge in [-0.05, 0) is 24.3 Å². The minimum atomic E-state index is -0.675. The number of hydrogen-bond acceptors (Lipinski definition) is 5. The van der Waals surface area contributed by atoms with Gasteiger partial charge in [-0.2, -0.15) is 5.10 Å². The quantitative estimate of drug-likeness (QED) is 0.588. The molecule has 122 valence electrons. The molecule has 0 bridgehead atoms. The Morgan fingerprint density at radius 1 is 1.12 bits per heavy atom. The second-order valence-corrected chi connectivity index (χ2v) is 5.77. The summed E-state index contributed by atoms with van der Waals surface area (Å²) in [7, 11) is 0. The molecule has 0 saturated heterocycles. The molecule has 1 aliphatic rings. The highest BCUT2D eigenvalue weighted by molar-refractivity contribution is 9.10. The van der Waals surface area contributed by atoms with Crippen molar-refractivity contribution in [1.29, 1.82) is 0 Å². The molecule has 1 aromatic heterocycles. The molecule has 0 radical (unpaired) electrons. The molecule has 4 N–H and O–H groups in total. The number of benzene rings is 1. The molecule has 1 aromatic carbocycles. The van der Waals surface area contributed by atoms with Crippen LogP contribution in [0.15, 0.2) is 58.4 Å². The molecule has 3 rings (SSSR count). The largest absolute Gasteiger partial charge is 0.336 e. The first-order chi connectivity index (χ1) is 11.6. The fourth-order valence-corrected chi connectivity index (χ4v) is 2.34. The van der Waals surface area contributed by atoms with E-state index < -0.39 is 12.2 Å². The highest BCUT2D eigenvalue weighted by Gasteiger charge is 2.25. The SMILES string of the molecule is O=C1NN=C(c2ccc(Br)cc2)C(NNC(=O)c2ccncc2)N1. The third-order valence-electron chi connectivity index (χ3n) is 3.24. The number of urea groups is 1. The smallest absolute Gasteiger partial charge is 0.314 e. The van der Waals surface area contributed by atoms with Crippen LogP contribution in [-0.2, 0) is 0 Å². The summed E-state index contributed by atoms with van der Waals surface area (Å²) in [6.45, 7) is 0. The van der Waals surface area contributed by atoms with Crippen molar-refractivity contribution >= 4 is 33.6 Å². The number of nitrogens with zero attached hydrogens (tertiary/aromatic N) is 2. The molecule has 8 nitrogen and oxygen atoms in total. The molecule has 1 atom stereocenters. The van der Waals surface area contributed by atoms with Gasteiger partial charge < -0.3 is 5.32 Å². The molecule has 1 aliphatic heterocycles. The first-order valence-electron chi connectivity index (χ1n) is 6.99. The summed E-state index contributed by atoms with van der Waals surface area (Å²) in [6, 6.07) is 10.1. The topological polar surface area (TPSA) is 108 Å². The molecular weight excluding hydrogens is 376 g/mol. The van der Waals surface area contributed by atoms with Gasteiger partial charge in [-0.3, -0.25) is 15.2 Å². The number of hydrogen-bond donors (Lipinski definition) is 4. The van der Waals surface area contributed by atoms with E-state index in [2.05, 4.69) is 47.6 Å². The van der Waals surface area contributed by atoms with Gasteiger partial charge in [0.15, 0.2) is 0 Å². The Morgan fingerprint density at radius 2 is 1.83 bits per heavy atom. The zero-order valence-electron chi connectivity index (χ0n) is 12.3. The number of amides is 3. The minimum Gasteiger partial charge on any atom is -0.314 e. The van der Waals surface area contributed by atoms with E-state index in [4.69, 9.17) is 0 Å². The molecule has 2 aromatic rings. The Balaban J connectivity index is 1.73. The van der Waals surface area contributed by atoms with Crippen LogP contribution in [0.3, 0.4) is 0 Å². The molecule has 0 fully saturated rings. The first kappa shape index (κ1) is 16.1. The van der Waals surface area contributed by atoms with Crippen LogP contribution in [0.25, 0.3) is 0 Å². The lowest BCUT2D eigenvalue weighted by molar-refractivity contribution is 0.0927. The fourth-order valence-electron chi connectivity index (χ4n) is 2.08. The van der Waals surface area contributed by atoms with Gasteiger partial charge in [0.25, 0.3) is 5.91 Å². The van der Waals surface area contributed by atoms with Crippen molar-refractivity contribution in [3.8, 4) is 0 Å². The lowest BCUT2D eigenvalue weighted by Crippen LogP contribution is -2.61. The number of nitrogens with one attached hydrogen (secondary N) is 4. The van der Waals surface area contributed by atoms with Crippen LogP contribution in [0.4, 0.5) is 4.79 Å². The molecule has 3 amide bonds. The van der Waals surface area contributed by atoms with E-state index in [0.717, 1.165) is 10.0 Å². The van der Waals surface area contributed by atoms with Gasteiger partial charge >= 0.3 is 6.03 Å². The molecule has 0 saturated carbocycles. The van der Waals surface area contributed by atoms with Gasteiger partial charge in [0, 0.05) is 28.0 Å². The summed E-state index contributed by atoms with van der Waals surface area (Å²) >= 11 is 3.37. The predicted molar refractivity (Wildman–Crippen MR) is 91.0 cm³/mol. The van der Waals surface area contributed by atoms with Crippen LogP contribution in [-0.4, -0.2) is 28.8 Å². The van der Waals surface area contributed by atoms with Gasteiger partial charge in [-0.1, -0.05) is 28.1 Å². The lowest BCUT2D eigenvalue weighted by Gasteiger charge is -2.25. The van der Waals surface area contributed by atoms with Crippen molar-refractivity contribution in [2.45, 2.75) is 6.17 Å². The average molecular weight is 389 g/mol. The molecule has 1 unspecified atom stereocenters. The molecule has 0 spiro atoms. The number of rotatable bonds is 4. The summed E-state index contributed by atoms with van der Waals surface area (Å²) in [5, 5.41) is 6.71. The number of halogens is 1. The maximum atomic E-state index is 12.1. The van der Waals surface area contributed by atoms with Crippen molar-refractivity contribution in [2.75, 3.05) is 0 Å². The van der Waals surface area contributed by atoms with Gasteiger partial charge in [-0.25, -0.2) is 15.6 Å². The molecular formula is C15H13BrN6O2. The lowest BCUT2D eigenvalue weighted by atomic mass is 10.1. The van der Waals surface area contributed by atoms with Crippen molar-refractivity contribution in [3.05, 3.63) is 64.4 Å². The number of hydrazone groups is 1. The Morgan fingerprint density at radius 3 is 2.54 bits per heavy atom. The monoisotopic (exact) mass is 388 g/mol. The molecule has 24 heavy (non-hydrogen) atoms. The summed E-state index contributed by atoms with van der Waals surface area (Å²) in [6.07, 6.45) is 2.37.